The van der Waals surface area contributed by atoms with Gasteiger partial charge < -0.3 is 5.73 Å². The number of nitrogens with one attached hydrogen (secondary N) is 1. The molecule has 0 radical (unpaired) electrons. The maximum Gasteiger partial charge on any atom is 0.273 e. The molecule has 0 aliphatic carbocycles. The standard InChI is InChI=1S/C9H9BrN4O2S2/c1-5-8(17-9(11)13-5)18(15,16)14-7-2-6(10)3-12-4-7/h2-4,14H,1H3,(H2,11,13). The van der Waals surface area contributed by atoms with Crippen LogP contribution in [0.3, 0.4) is 0 Å². The van der Waals surface area contributed by atoms with Crippen LogP contribution in [0.4, 0.5) is 10.8 Å². The lowest BCUT2D eigenvalue weighted by Gasteiger charge is -2.06. The molecule has 9 heteroatoms. The average Bonchev–Trinajstić information content (AvgIpc) is 2.58. The summed E-state index contributed by atoms with van der Waals surface area (Å²) in [6, 6.07) is 1.62. The molecule has 0 spiro atoms. The van der Waals surface area contributed by atoms with Crippen LogP contribution in [0.1, 0.15) is 5.69 Å². The van der Waals surface area contributed by atoms with E-state index in [4.69, 9.17) is 5.73 Å². The summed E-state index contributed by atoms with van der Waals surface area (Å²) in [6.07, 6.45) is 2.98. The minimum atomic E-state index is -3.67. The predicted molar refractivity (Wildman–Crippen MR) is 74.0 cm³/mol. The van der Waals surface area contributed by atoms with Crippen molar-refractivity contribution in [2.45, 2.75) is 11.1 Å². The van der Waals surface area contributed by atoms with E-state index in [1.54, 1.807) is 19.2 Å². The fraction of sp³-hybridized carbons (Fsp3) is 0.111. The molecule has 0 unspecified atom stereocenters. The van der Waals surface area contributed by atoms with Gasteiger partial charge in [0.2, 0.25) is 0 Å². The molecule has 2 rings (SSSR count). The number of nitrogens with two attached hydrogens (primary N) is 1. The number of nitrogens with zero attached hydrogens (tertiary/aromatic N) is 2. The van der Waals surface area contributed by atoms with Crippen molar-refractivity contribution in [3.63, 3.8) is 0 Å². The Labute approximate surface area is 116 Å². The smallest absolute Gasteiger partial charge is 0.273 e. The number of anilines is 2. The Morgan fingerprint density at radius 2 is 2.17 bits per heavy atom. The number of hydrogen-bond donors (Lipinski definition) is 2. The number of aromatic nitrogens is 2. The monoisotopic (exact) mass is 348 g/mol. The summed E-state index contributed by atoms with van der Waals surface area (Å²) in [5.74, 6) is 0. The van der Waals surface area contributed by atoms with Crippen molar-refractivity contribution in [2.75, 3.05) is 10.5 Å². The van der Waals surface area contributed by atoms with Gasteiger partial charge in [-0.15, -0.1) is 0 Å². The van der Waals surface area contributed by atoms with Crippen molar-refractivity contribution < 1.29 is 8.42 Å². The molecule has 0 aromatic carbocycles. The fourth-order valence-electron chi connectivity index (χ4n) is 1.32. The van der Waals surface area contributed by atoms with E-state index in [2.05, 4.69) is 30.6 Å². The Bertz CT molecular complexity index is 684. The second-order valence-electron chi connectivity index (χ2n) is 3.42. The van der Waals surface area contributed by atoms with Crippen LogP contribution in [-0.2, 0) is 10.0 Å². The minimum Gasteiger partial charge on any atom is -0.375 e. The molecule has 0 aliphatic rings. The Balaban J connectivity index is 2.36. The molecule has 0 aliphatic heterocycles. The topological polar surface area (TPSA) is 98.0 Å². The van der Waals surface area contributed by atoms with Gasteiger partial charge in [0.15, 0.2) is 9.34 Å². The number of sulfonamides is 1. The van der Waals surface area contributed by atoms with Gasteiger partial charge in [-0.1, -0.05) is 11.3 Å². The molecule has 0 saturated carbocycles. The SMILES string of the molecule is Cc1nc(N)sc1S(=O)(=O)Nc1cncc(Br)c1. The van der Waals surface area contributed by atoms with E-state index >= 15 is 0 Å². The number of halogens is 1. The molecule has 0 bridgehead atoms. The average molecular weight is 349 g/mol. The van der Waals surface area contributed by atoms with Crippen LogP contribution in [0.5, 0.6) is 0 Å². The lowest BCUT2D eigenvalue weighted by molar-refractivity contribution is 0.602. The fourth-order valence-corrected chi connectivity index (χ4v) is 4.02. The van der Waals surface area contributed by atoms with Crippen LogP contribution in [-0.4, -0.2) is 18.4 Å². The van der Waals surface area contributed by atoms with E-state index in [1.165, 1.54) is 6.20 Å². The second kappa shape index (κ2) is 4.82. The van der Waals surface area contributed by atoms with Crippen LogP contribution in [0.15, 0.2) is 27.1 Å². The van der Waals surface area contributed by atoms with Gasteiger partial charge in [0.05, 0.1) is 17.6 Å². The Hall–Kier alpha value is -1.19. The van der Waals surface area contributed by atoms with E-state index in [1.807, 2.05) is 0 Å². The van der Waals surface area contributed by atoms with Crippen LogP contribution < -0.4 is 10.5 Å². The molecule has 0 fully saturated rings. The number of hydrogen-bond acceptors (Lipinski definition) is 6. The van der Waals surface area contributed by atoms with Gasteiger partial charge in [-0.05, 0) is 28.9 Å². The summed E-state index contributed by atoms with van der Waals surface area (Å²) < 4.78 is 27.4. The summed E-state index contributed by atoms with van der Waals surface area (Å²) in [7, 11) is -3.67. The van der Waals surface area contributed by atoms with Gasteiger partial charge in [-0.25, -0.2) is 13.4 Å². The zero-order valence-corrected chi connectivity index (χ0v) is 12.4. The van der Waals surface area contributed by atoms with Crippen LogP contribution in [0.25, 0.3) is 0 Å². The van der Waals surface area contributed by atoms with Crippen LogP contribution >= 0.6 is 27.3 Å². The van der Waals surface area contributed by atoms with Gasteiger partial charge in [0.25, 0.3) is 10.0 Å². The second-order valence-corrected chi connectivity index (χ2v) is 7.25. The Morgan fingerprint density at radius 1 is 1.44 bits per heavy atom. The van der Waals surface area contributed by atoms with Gasteiger partial charge in [-0.2, -0.15) is 0 Å². The third-order valence-corrected chi connectivity index (χ3v) is 5.38. The summed E-state index contributed by atoms with van der Waals surface area (Å²) >= 11 is 4.15. The van der Waals surface area contributed by atoms with Gasteiger partial charge in [0.1, 0.15) is 0 Å². The molecule has 0 saturated heterocycles. The van der Waals surface area contributed by atoms with Crippen molar-refractivity contribution in [2.24, 2.45) is 0 Å². The number of aryl methyl sites for hydroxylation is 1. The molecule has 3 N–H and O–H groups in total. The van der Waals surface area contributed by atoms with Gasteiger partial charge in [0, 0.05) is 10.7 Å². The zero-order chi connectivity index (χ0) is 13.3. The number of pyridine rings is 1. The highest BCUT2D eigenvalue weighted by molar-refractivity contribution is 9.10. The third kappa shape index (κ3) is 2.79. The van der Waals surface area contributed by atoms with E-state index in [9.17, 15) is 8.42 Å². The van der Waals surface area contributed by atoms with Crippen LogP contribution in [0.2, 0.25) is 0 Å². The summed E-state index contributed by atoms with van der Waals surface area (Å²) in [5, 5.41) is 0.222. The number of rotatable bonds is 3. The molecular weight excluding hydrogens is 340 g/mol. The normalized spacial score (nSPS) is 11.4. The molecule has 0 atom stereocenters. The first-order valence-corrected chi connectivity index (χ1v) is 7.84. The van der Waals surface area contributed by atoms with Crippen LogP contribution in [0, 0.1) is 6.92 Å². The largest absolute Gasteiger partial charge is 0.375 e. The molecule has 2 heterocycles. The lowest BCUT2D eigenvalue weighted by atomic mass is 10.4. The quantitative estimate of drug-likeness (QED) is 0.883. The van der Waals surface area contributed by atoms with E-state index in [0.29, 0.717) is 15.9 Å². The summed E-state index contributed by atoms with van der Waals surface area (Å²) in [4.78, 5) is 7.77. The van der Waals surface area contributed by atoms with E-state index in [0.717, 1.165) is 11.3 Å². The van der Waals surface area contributed by atoms with Crippen molar-refractivity contribution in [1.82, 2.24) is 9.97 Å². The maximum absolute atomic E-state index is 12.1. The van der Waals surface area contributed by atoms with E-state index < -0.39 is 10.0 Å². The van der Waals surface area contributed by atoms with Crippen molar-refractivity contribution in [1.29, 1.82) is 0 Å². The highest BCUT2D eigenvalue weighted by Gasteiger charge is 2.21. The molecule has 96 valence electrons. The van der Waals surface area contributed by atoms with Gasteiger partial charge in [-0.3, -0.25) is 9.71 Å². The summed E-state index contributed by atoms with van der Waals surface area (Å²) in [5.41, 5.74) is 6.24. The van der Waals surface area contributed by atoms with Crippen molar-refractivity contribution in [3.8, 4) is 0 Å². The number of thiazole rings is 1. The molecule has 2 aromatic rings. The molecule has 2 aromatic heterocycles. The molecule has 6 nitrogen and oxygen atoms in total. The lowest BCUT2D eigenvalue weighted by Crippen LogP contribution is -2.12. The Kier molecular flexibility index (Phi) is 3.55. The van der Waals surface area contributed by atoms with Crippen molar-refractivity contribution in [3.05, 3.63) is 28.6 Å². The predicted octanol–water partition coefficient (Wildman–Crippen LogP) is 1.99. The highest BCUT2D eigenvalue weighted by atomic mass is 79.9. The first kappa shape index (κ1) is 13.2. The minimum absolute atomic E-state index is 0.111. The maximum atomic E-state index is 12.1. The number of nitrogen functional groups attached to an aromatic ring is 1. The zero-order valence-electron chi connectivity index (χ0n) is 9.21. The molecule has 18 heavy (non-hydrogen) atoms. The third-order valence-electron chi connectivity index (χ3n) is 1.97. The summed E-state index contributed by atoms with van der Waals surface area (Å²) in [6.45, 7) is 1.60. The molecular formula is C9H9BrN4O2S2. The Morgan fingerprint density at radius 3 is 2.72 bits per heavy atom. The van der Waals surface area contributed by atoms with Gasteiger partial charge >= 0.3 is 0 Å². The first-order chi connectivity index (χ1) is 8.38. The van der Waals surface area contributed by atoms with E-state index in [-0.39, 0.29) is 9.34 Å². The highest BCUT2D eigenvalue weighted by Crippen LogP contribution is 2.27. The first-order valence-electron chi connectivity index (χ1n) is 4.75. The molecule has 0 amide bonds. The van der Waals surface area contributed by atoms with Crippen molar-refractivity contribution >= 4 is 48.1 Å².